The van der Waals surface area contributed by atoms with Gasteiger partial charge in [0.2, 0.25) is 0 Å². The molecule has 2 aromatic rings. The van der Waals surface area contributed by atoms with Crippen molar-refractivity contribution in [1.29, 1.82) is 0 Å². The van der Waals surface area contributed by atoms with Gasteiger partial charge in [-0.15, -0.1) is 0 Å². The fourth-order valence-corrected chi connectivity index (χ4v) is 2.45. The Morgan fingerprint density at radius 2 is 2.11 bits per heavy atom. The molecule has 1 heterocycles. The number of thioether (sulfide) groups is 1. The molecular formula is C13H16N4S. The van der Waals surface area contributed by atoms with Gasteiger partial charge in [-0.2, -0.15) is 11.8 Å². The van der Waals surface area contributed by atoms with Crippen LogP contribution >= 0.6 is 11.8 Å². The maximum atomic E-state index is 5.23. The topological polar surface area (TPSA) is 63.8 Å². The van der Waals surface area contributed by atoms with E-state index < -0.39 is 0 Å². The summed E-state index contributed by atoms with van der Waals surface area (Å²) in [4.78, 5) is 8.40. The molecule has 0 fully saturated rings. The summed E-state index contributed by atoms with van der Waals surface area (Å²) in [6, 6.07) is 8.55. The zero-order chi connectivity index (χ0) is 12.8. The summed E-state index contributed by atoms with van der Waals surface area (Å²) < 4.78 is 0. The first-order valence-corrected chi connectivity index (χ1v) is 6.84. The average molecular weight is 260 g/mol. The smallest absolute Gasteiger partial charge is 0.158 e. The number of hydrogen-bond donors (Lipinski definition) is 2. The lowest BCUT2D eigenvalue weighted by Gasteiger charge is -2.03. The van der Waals surface area contributed by atoms with Crippen LogP contribution in [-0.4, -0.2) is 9.97 Å². The van der Waals surface area contributed by atoms with Crippen molar-refractivity contribution < 1.29 is 0 Å². The molecule has 0 aliphatic rings. The number of rotatable bonds is 5. The minimum absolute atomic E-state index is 0.586. The second-order valence-corrected chi connectivity index (χ2v) is 5.00. The maximum absolute atomic E-state index is 5.23. The number of nitrogen functional groups attached to an aromatic ring is 1. The van der Waals surface area contributed by atoms with Crippen LogP contribution in [0.25, 0.3) is 0 Å². The standard InChI is InChI=1S/C13H16N4S/c1-10-3-2-4-11(5-10)8-18-9-12-6-16-13(17-14)7-15-12/h2-7H,8-9,14H2,1H3,(H,16,17). The molecule has 18 heavy (non-hydrogen) atoms. The minimum atomic E-state index is 0.586. The van der Waals surface area contributed by atoms with E-state index in [4.69, 9.17) is 5.84 Å². The lowest BCUT2D eigenvalue weighted by atomic mass is 10.2. The van der Waals surface area contributed by atoms with Gasteiger partial charge in [0.05, 0.1) is 18.1 Å². The molecule has 0 unspecified atom stereocenters. The van der Waals surface area contributed by atoms with Crippen LogP contribution in [0.3, 0.4) is 0 Å². The number of nitrogens with zero attached hydrogens (tertiary/aromatic N) is 2. The van der Waals surface area contributed by atoms with Crippen molar-refractivity contribution in [3.05, 3.63) is 53.5 Å². The molecule has 2 rings (SSSR count). The average Bonchev–Trinajstić information content (AvgIpc) is 2.40. The Hall–Kier alpha value is -1.59. The van der Waals surface area contributed by atoms with E-state index >= 15 is 0 Å². The van der Waals surface area contributed by atoms with Crippen molar-refractivity contribution in [2.75, 3.05) is 5.43 Å². The number of hydrogen-bond acceptors (Lipinski definition) is 5. The fraction of sp³-hybridized carbons (Fsp3) is 0.231. The highest BCUT2D eigenvalue weighted by Gasteiger charge is 1.98. The third kappa shape index (κ3) is 3.72. The van der Waals surface area contributed by atoms with E-state index in [1.165, 1.54) is 11.1 Å². The lowest BCUT2D eigenvalue weighted by Crippen LogP contribution is -2.08. The van der Waals surface area contributed by atoms with Crippen LogP contribution in [0.5, 0.6) is 0 Å². The zero-order valence-electron chi connectivity index (χ0n) is 10.3. The second kappa shape index (κ2) is 6.37. The highest BCUT2D eigenvalue weighted by atomic mass is 32.2. The van der Waals surface area contributed by atoms with Gasteiger partial charge >= 0.3 is 0 Å². The molecule has 0 amide bonds. The quantitative estimate of drug-likeness (QED) is 0.639. The zero-order valence-corrected chi connectivity index (χ0v) is 11.1. The third-order valence-corrected chi connectivity index (χ3v) is 3.49. The number of aryl methyl sites for hydroxylation is 1. The van der Waals surface area contributed by atoms with Gasteiger partial charge in [-0.3, -0.25) is 4.98 Å². The molecule has 3 N–H and O–H groups in total. The van der Waals surface area contributed by atoms with E-state index in [1.807, 2.05) is 11.8 Å². The van der Waals surface area contributed by atoms with Crippen LogP contribution in [0.2, 0.25) is 0 Å². The maximum Gasteiger partial charge on any atom is 0.158 e. The molecule has 0 saturated heterocycles. The largest absolute Gasteiger partial charge is 0.307 e. The summed E-state index contributed by atoms with van der Waals surface area (Å²) >= 11 is 1.83. The fourth-order valence-electron chi connectivity index (χ4n) is 1.58. The number of nitrogens with two attached hydrogens (primary N) is 1. The van der Waals surface area contributed by atoms with Crippen LogP contribution in [0.4, 0.5) is 5.82 Å². The first-order valence-electron chi connectivity index (χ1n) is 5.69. The summed E-state index contributed by atoms with van der Waals surface area (Å²) in [5, 5.41) is 0. The highest BCUT2D eigenvalue weighted by Crippen LogP contribution is 2.17. The Bertz CT molecular complexity index is 499. The molecule has 0 atom stereocenters. The Morgan fingerprint density at radius 3 is 2.78 bits per heavy atom. The monoisotopic (exact) mass is 260 g/mol. The molecule has 1 aromatic heterocycles. The second-order valence-electron chi connectivity index (χ2n) is 4.02. The van der Waals surface area contributed by atoms with Gasteiger partial charge in [-0.25, -0.2) is 10.8 Å². The molecular weight excluding hydrogens is 244 g/mol. The molecule has 4 nitrogen and oxygen atoms in total. The number of benzene rings is 1. The summed E-state index contributed by atoms with van der Waals surface area (Å²) in [5.74, 6) is 7.66. The van der Waals surface area contributed by atoms with Crippen molar-refractivity contribution >= 4 is 17.6 Å². The number of aromatic nitrogens is 2. The first-order chi connectivity index (χ1) is 8.78. The van der Waals surface area contributed by atoms with Gasteiger partial charge in [0, 0.05) is 11.5 Å². The molecule has 94 valence electrons. The van der Waals surface area contributed by atoms with Crippen LogP contribution < -0.4 is 11.3 Å². The Balaban J connectivity index is 1.84. The molecule has 0 saturated carbocycles. The molecule has 0 bridgehead atoms. The predicted molar refractivity (Wildman–Crippen MR) is 76.0 cm³/mol. The van der Waals surface area contributed by atoms with Gasteiger partial charge in [0.15, 0.2) is 5.82 Å². The van der Waals surface area contributed by atoms with Gasteiger partial charge in [-0.1, -0.05) is 29.8 Å². The van der Waals surface area contributed by atoms with Crippen molar-refractivity contribution in [3.63, 3.8) is 0 Å². The Kier molecular flexibility index (Phi) is 4.55. The summed E-state index contributed by atoms with van der Waals surface area (Å²) in [6.45, 7) is 2.11. The SMILES string of the molecule is Cc1cccc(CSCc2cnc(NN)cn2)c1. The first kappa shape index (κ1) is 12.9. The van der Waals surface area contributed by atoms with E-state index in [9.17, 15) is 0 Å². The van der Waals surface area contributed by atoms with Gasteiger partial charge in [0.1, 0.15) is 0 Å². The third-order valence-electron chi connectivity index (χ3n) is 2.45. The normalized spacial score (nSPS) is 10.3. The van der Waals surface area contributed by atoms with Crippen LogP contribution in [0, 0.1) is 6.92 Å². The van der Waals surface area contributed by atoms with Crippen LogP contribution in [-0.2, 0) is 11.5 Å². The van der Waals surface area contributed by atoms with Gasteiger partial charge < -0.3 is 5.43 Å². The van der Waals surface area contributed by atoms with Crippen molar-refractivity contribution in [1.82, 2.24) is 9.97 Å². The summed E-state index contributed by atoms with van der Waals surface area (Å²) in [5.41, 5.74) is 6.06. The highest BCUT2D eigenvalue weighted by molar-refractivity contribution is 7.97. The molecule has 1 aromatic carbocycles. The lowest BCUT2D eigenvalue weighted by molar-refractivity contribution is 1.08. The number of nitrogens with one attached hydrogen (secondary N) is 1. The predicted octanol–water partition coefficient (Wildman–Crippen LogP) is 2.50. The summed E-state index contributed by atoms with van der Waals surface area (Å²) in [7, 11) is 0. The van der Waals surface area contributed by atoms with E-state index in [-0.39, 0.29) is 0 Å². The number of hydrazine groups is 1. The van der Waals surface area contributed by atoms with Gasteiger partial charge in [0.25, 0.3) is 0 Å². The van der Waals surface area contributed by atoms with Crippen molar-refractivity contribution in [2.24, 2.45) is 5.84 Å². The summed E-state index contributed by atoms with van der Waals surface area (Å²) in [6.07, 6.45) is 3.39. The molecule has 0 aliphatic heterocycles. The van der Waals surface area contributed by atoms with E-state index in [1.54, 1.807) is 12.4 Å². The van der Waals surface area contributed by atoms with Crippen LogP contribution in [0.1, 0.15) is 16.8 Å². The van der Waals surface area contributed by atoms with E-state index in [0.717, 1.165) is 17.2 Å². The van der Waals surface area contributed by atoms with Crippen molar-refractivity contribution in [2.45, 2.75) is 18.4 Å². The van der Waals surface area contributed by atoms with Crippen LogP contribution in [0.15, 0.2) is 36.7 Å². The number of anilines is 1. The Labute approximate surface area is 111 Å². The van der Waals surface area contributed by atoms with E-state index in [2.05, 4.69) is 46.6 Å². The van der Waals surface area contributed by atoms with Gasteiger partial charge in [-0.05, 0) is 12.5 Å². The van der Waals surface area contributed by atoms with Crippen molar-refractivity contribution in [3.8, 4) is 0 Å². The minimum Gasteiger partial charge on any atom is -0.307 e. The van der Waals surface area contributed by atoms with E-state index in [0.29, 0.717) is 5.82 Å². The Morgan fingerprint density at radius 1 is 1.22 bits per heavy atom. The molecule has 0 radical (unpaired) electrons. The molecule has 5 heteroatoms. The molecule has 0 spiro atoms. The molecule has 0 aliphatic carbocycles.